The quantitative estimate of drug-likeness (QED) is 0.818. The van der Waals surface area contributed by atoms with Crippen LogP contribution >= 0.6 is 0 Å². The summed E-state index contributed by atoms with van der Waals surface area (Å²) in [7, 11) is 6.28. The standard InChI is InChI=1S/C13H25N5/c1-16-5-4-11(7-16)8-17(2)10-13(14)12-6-15-18(3)9-12/h6,9,11,13H,4-5,7-8,10,14H2,1-3H3. The third-order valence-electron chi connectivity index (χ3n) is 3.72. The molecule has 18 heavy (non-hydrogen) atoms. The highest BCUT2D eigenvalue weighted by molar-refractivity contribution is 5.09. The number of aromatic nitrogens is 2. The number of nitrogens with two attached hydrogens (primary N) is 1. The Kier molecular flexibility index (Phi) is 4.37. The van der Waals surface area contributed by atoms with Crippen molar-refractivity contribution in [3.63, 3.8) is 0 Å². The van der Waals surface area contributed by atoms with Gasteiger partial charge in [-0.15, -0.1) is 0 Å². The molecule has 0 saturated carbocycles. The van der Waals surface area contributed by atoms with E-state index < -0.39 is 0 Å². The number of likely N-dealkylation sites (tertiary alicyclic amines) is 1. The molecule has 5 heteroatoms. The van der Waals surface area contributed by atoms with E-state index in [1.54, 1.807) is 4.68 Å². The lowest BCUT2D eigenvalue weighted by Crippen LogP contribution is -2.33. The van der Waals surface area contributed by atoms with Crippen LogP contribution in [0.5, 0.6) is 0 Å². The molecule has 2 N–H and O–H groups in total. The second-order valence-electron chi connectivity index (χ2n) is 5.69. The van der Waals surface area contributed by atoms with Crippen molar-refractivity contribution >= 4 is 0 Å². The van der Waals surface area contributed by atoms with Gasteiger partial charge in [-0.25, -0.2) is 0 Å². The summed E-state index contributed by atoms with van der Waals surface area (Å²) in [5.41, 5.74) is 7.32. The summed E-state index contributed by atoms with van der Waals surface area (Å²) in [6.07, 6.45) is 5.17. The number of aryl methyl sites for hydroxylation is 1. The smallest absolute Gasteiger partial charge is 0.0537 e. The van der Waals surface area contributed by atoms with E-state index in [0.29, 0.717) is 0 Å². The molecule has 1 fully saturated rings. The first kappa shape index (κ1) is 13.5. The average Bonchev–Trinajstić information content (AvgIpc) is 2.87. The van der Waals surface area contributed by atoms with Crippen LogP contribution in [0.3, 0.4) is 0 Å². The molecule has 5 nitrogen and oxygen atoms in total. The highest BCUT2D eigenvalue weighted by Crippen LogP contribution is 2.16. The lowest BCUT2D eigenvalue weighted by molar-refractivity contribution is 0.260. The first-order chi connectivity index (χ1) is 8.54. The van der Waals surface area contributed by atoms with Gasteiger partial charge < -0.3 is 15.5 Å². The Bertz CT molecular complexity index is 375. The van der Waals surface area contributed by atoms with Gasteiger partial charge in [-0.05, 0) is 33.0 Å². The number of nitrogens with zero attached hydrogens (tertiary/aromatic N) is 4. The van der Waals surface area contributed by atoms with Crippen molar-refractivity contribution < 1.29 is 0 Å². The summed E-state index contributed by atoms with van der Waals surface area (Å²) in [6.45, 7) is 4.48. The van der Waals surface area contributed by atoms with Crippen LogP contribution in [0.2, 0.25) is 0 Å². The molecule has 1 aromatic heterocycles. The van der Waals surface area contributed by atoms with Crippen molar-refractivity contribution in [1.29, 1.82) is 0 Å². The molecular weight excluding hydrogens is 226 g/mol. The molecule has 1 aromatic rings. The van der Waals surface area contributed by atoms with Gasteiger partial charge in [0.25, 0.3) is 0 Å². The number of rotatable bonds is 5. The highest BCUT2D eigenvalue weighted by atomic mass is 15.2. The van der Waals surface area contributed by atoms with E-state index in [-0.39, 0.29) is 6.04 Å². The average molecular weight is 251 g/mol. The molecular formula is C13H25N5. The second-order valence-corrected chi connectivity index (χ2v) is 5.69. The maximum atomic E-state index is 6.21. The Labute approximate surface area is 110 Å². The largest absolute Gasteiger partial charge is 0.323 e. The Morgan fingerprint density at radius 1 is 1.56 bits per heavy atom. The zero-order chi connectivity index (χ0) is 13.1. The predicted octanol–water partition coefficient (Wildman–Crippen LogP) is 0.303. The molecule has 0 bridgehead atoms. The second kappa shape index (κ2) is 5.82. The van der Waals surface area contributed by atoms with Gasteiger partial charge in [-0.1, -0.05) is 0 Å². The minimum atomic E-state index is 0.0582. The van der Waals surface area contributed by atoms with Crippen LogP contribution in [0, 0.1) is 5.92 Å². The summed E-state index contributed by atoms with van der Waals surface area (Å²) < 4.78 is 1.81. The molecule has 0 spiro atoms. The van der Waals surface area contributed by atoms with Crippen LogP contribution in [0.4, 0.5) is 0 Å². The molecule has 0 aliphatic carbocycles. The van der Waals surface area contributed by atoms with Crippen molar-refractivity contribution in [1.82, 2.24) is 19.6 Å². The third kappa shape index (κ3) is 3.54. The van der Waals surface area contributed by atoms with Crippen molar-refractivity contribution in [3.05, 3.63) is 18.0 Å². The fraction of sp³-hybridized carbons (Fsp3) is 0.769. The zero-order valence-electron chi connectivity index (χ0n) is 11.7. The Morgan fingerprint density at radius 2 is 2.33 bits per heavy atom. The summed E-state index contributed by atoms with van der Waals surface area (Å²) in [6, 6.07) is 0.0582. The molecule has 1 saturated heterocycles. The van der Waals surface area contributed by atoms with Gasteiger partial charge >= 0.3 is 0 Å². The molecule has 0 radical (unpaired) electrons. The Balaban J connectivity index is 1.78. The highest BCUT2D eigenvalue weighted by Gasteiger charge is 2.21. The first-order valence-corrected chi connectivity index (χ1v) is 6.66. The number of hydrogen-bond donors (Lipinski definition) is 1. The van der Waals surface area contributed by atoms with Crippen LogP contribution in [0.1, 0.15) is 18.0 Å². The van der Waals surface area contributed by atoms with Crippen molar-refractivity contribution in [3.8, 4) is 0 Å². The van der Waals surface area contributed by atoms with Gasteiger partial charge in [-0.2, -0.15) is 5.10 Å². The fourth-order valence-corrected chi connectivity index (χ4v) is 2.76. The van der Waals surface area contributed by atoms with E-state index in [0.717, 1.165) is 24.6 Å². The van der Waals surface area contributed by atoms with Gasteiger partial charge in [-0.3, -0.25) is 4.68 Å². The lowest BCUT2D eigenvalue weighted by atomic mass is 10.1. The van der Waals surface area contributed by atoms with Gasteiger partial charge in [0.15, 0.2) is 0 Å². The van der Waals surface area contributed by atoms with E-state index in [9.17, 15) is 0 Å². The molecule has 0 aromatic carbocycles. The van der Waals surface area contributed by atoms with Gasteiger partial charge in [0.2, 0.25) is 0 Å². The van der Waals surface area contributed by atoms with Crippen LogP contribution < -0.4 is 5.73 Å². The van der Waals surface area contributed by atoms with E-state index in [4.69, 9.17) is 5.73 Å². The number of hydrogen-bond acceptors (Lipinski definition) is 4. The van der Waals surface area contributed by atoms with Gasteiger partial charge in [0.05, 0.1) is 6.20 Å². The minimum Gasteiger partial charge on any atom is -0.323 e. The predicted molar refractivity (Wildman–Crippen MR) is 73.2 cm³/mol. The van der Waals surface area contributed by atoms with Gasteiger partial charge in [0, 0.05) is 44.5 Å². The third-order valence-corrected chi connectivity index (χ3v) is 3.72. The van der Waals surface area contributed by atoms with Crippen LogP contribution in [-0.2, 0) is 7.05 Å². The molecule has 1 aliphatic heterocycles. The van der Waals surface area contributed by atoms with Crippen LogP contribution in [-0.4, -0.2) is 59.9 Å². The lowest BCUT2D eigenvalue weighted by Gasteiger charge is -2.23. The molecule has 0 amide bonds. The molecule has 102 valence electrons. The van der Waals surface area contributed by atoms with E-state index >= 15 is 0 Å². The molecule has 2 unspecified atom stereocenters. The summed E-state index contributed by atoms with van der Waals surface area (Å²) in [4.78, 5) is 4.75. The number of likely N-dealkylation sites (N-methyl/N-ethyl adjacent to an activating group) is 1. The zero-order valence-corrected chi connectivity index (χ0v) is 11.7. The van der Waals surface area contributed by atoms with E-state index in [2.05, 4.69) is 29.0 Å². The van der Waals surface area contributed by atoms with Crippen LogP contribution in [0.15, 0.2) is 12.4 Å². The Hall–Kier alpha value is -0.910. The maximum absolute atomic E-state index is 6.21. The van der Waals surface area contributed by atoms with Crippen molar-refractivity contribution in [2.45, 2.75) is 12.5 Å². The SMILES string of the molecule is CN1CCC(CN(C)CC(N)c2cnn(C)c2)C1. The summed E-state index contributed by atoms with van der Waals surface area (Å²) in [5, 5.41) is 4.17. The summed E-state index contributed by atoms with van der Waals surface area (Å²) in [5.74, 6) is 0.793. The van der Waals surface area contributed by atoms with Crippen molar-refractivity contribution in [2.75, 3.05) is 40.3 Å². The van der Waals surface area contributed by atoms with Crippen LogP contribution in [0.25, 0.3) is 0 Å². The molecule has 2 rings (SSSR count). The monoisotopic (exact) mass is 251 g/mol. The maximum Gasteiger partial charge on any atom is 0.0537 e. The first-order valence-electron chi connectivity index (χ1n) is 6.66. The normalized spacial score (nSPS) is 22.8. The van der Waals surface area contributed by atoms with Crippen molar-refractivity contribution in [2.24, 2.45) is 18.7 Å². The Morgan fingerprint density at radius 3 is 2.89 bits per heavy atom. The summed E-state index contributed by atoms with van der Waals surface area (Å²) >= 11 is 0. The molecule has 2 heterocycles. The molecule has 1 aliphatic rings. The molecule has 2 atom stereocenters. The van der Waals surface area contributed by atoms with E-state index in [1.165, 1.54) is 19.5 Å². The van der Waals surface area contributed by atoms with Gasteiger partial charge in [0.1, 0.15) is 0 Å². The fourth-order valence-electron chi connectivity index (χ4n) is 2.76. The minimum absolute atomic E-state index is 0.0582. The topological polar surface area (TPSA) is 50.3 Å². The van der Waals surface area contributed by atoms with E-state index in [1.807, 2.05) is 19.4 Å².